The monoisotopic (exact) mass is 375 g/mol. The second-order valence-electron chi connectivity index (χ2n) is 5.89. The summed E-state index contributed by atoms with van der Waals surface area (Å²) in [5.41, 5.74) is 0.972. The molecule has 1 aliphatic heterocycles. The number of amides is 1. The number of nitrogens with zero attached hydrogens (tertiary/aromatic N) is 4. The maximum Gasteiger partial charge on any atom is 0.248 e. The zero-order chi connectivity index (χ0) is 17.1. The summed E-state index contributed by atoms with van der Waals surface area (Å²) in [7, 11) is 0. The van der Waals surface area contributed by atoms with E-state index in [2.05, 4.69) is 25.4 Å². The van der Waals surface area contributed by atoms with Crippen LogP contribution in [0.25, 0.3) is 11.5 Å². The lowest BCUT2D eigenvalue weighted by Gasteiger charge is -2.29. The highest BCUT2D eigenvalue weighted by Crippen LogP contribution is 2.29. The zero-order valence-electron chi connectivity index (χ0n) is 13.4. The van der Waals surface area contributed by atoms with E-state index in [1.807, 2.05) is 22.2 Å². The standard InChI is InChI=1S/C16H17N5O2S2/c22-13(18-16-17-4-8-25-16)9-21-5-1-11(2-6-21)14-19-20-15(23-14)12-3-7-24-10-12/h3-4,7-8,10-11H,1-2,5-6,9H2,(H,17,18,22). The minimum atomic E-state index is -0.0223. The number of hydrogen-bond donors (Lipinski definition) is 1. The smallest absolute Gasteiger partial charge is 0.248 e. The van der Waals surface area contributed by atoms with Gasteiger partial charge >= 0.3 is 0 Å². The van der Waals surface area contributed by atoms with E-state index in [9.17, 15) is 4.79 Å². The SMILES string of the molecule is O=C(CN1CCC(c2nnc(-c3ccsc3)o2)CC1)Nc1nccs1. The van der Waals surface area contributed by atoms with E-state index in [1.54, 1.807) is 17.5 Å². The van der Waals surface area contributed by atoms with E-state index in [0.29, 0.717) is 23.5 Å². The second-order valence-corrected chi connectivity index (χ2v) is 7.57. The molecule has 4 heterocycles. The number of nitrogens with one attached hydrogen (secondary N) is 1. The first-order chi connectivity index (χ1) is 12.3. The summed E-state index contributed by atoms with van der Waals surface area (Å²) in [4.78, 5) is 18.3. The van der Waals surface area contributed by atoms with Gasteiger partial charge < -0.3 is 9.73 Å². The highest BCUT2D eigenvalue weighted by molar-refractivity contribution is 7.13. The van der Waals surface area contributed by atoms with Crippen LogP contribution in [0, 0.1) is 0 Å². The molecule has 1 fully saturated rings. The summed E-state index contributed by atoms with van der Waals surface area (Å²) in [6.07, 6.45) is 3.51. The fourth-order valence-corrected chi connectivity index (χ4v) is 4.06. The van der Waals surface area contributed by atoms with Crippen molar-refractivity contribution < 1.29 is 9.21 Å². The molecule has 0 aliphatic carbocycles. The number of aromatic nitrogens is 3. The minimum Gasteiger partial charge on any atom is -0.420 e. The molecular formula is C16H17N5O2S2. The predicted octanol–water partition coefficient (Wildman–Crippen LogP) is 3.07. The van der Waals surface area contributed by atoms with Gasteiger partial charge in [-0.05, 0) is 37.4 Å². The number of likely N-dealkylation sites (tertiary alicyclic amines) is 1. The van der Waals surface area contributed by atoms with Crippen LogP contribution in [0.4, 0.5) is 5.13 Å². The first kappa shape index (κ1) is 16.4. The first-order valence-electron chi connectivity index (χ1n) is 8.05. The highest BCUT2D eigenvalue weighted by atomic mass is 32.1. The molecule has 0 saturated carbocycles. The Morgan fingerprint density at radius 3 is 2.92 bits per heavy atom. The molecule has 0 bridgehead atoms. The lowest BCUT2D eigenvalue weighted by molar-refractivity contribution is -0.117. The Bertz CT molecular complexity index is 808. The van der Waals surface area contributed by atoms with Crippen LogP contribution in [0.2, 0.25) is 0 Å². The molecule has 4 rings (SSSR count). The summed E-state index contributed by atoms with van der Waals surface area (Å²) >= 11 is 3.03. The van der Waals surface area contributed by atoms with Crippen LogP contribution in [-0.4, -0.2) is 45.6 Å². The number of thiazole rings is 1. The molecule has 3 aromatic rings. The zero-order valence-corrected chi connectivity index (χ0v) is 15.1. The molecule has 0 aromatic carbocycles. The van der Waals surface area contributed by atoms with Crippen LogP contribution < -0.4 is 5.32 Å². The molecule has 1 saturated heterocycles. The molecule has 3 aromatic heterocycles. The molecule has 0 unspecified atom stereocenters. The number of rotatable bonds is 5. The van der Waals surface area contributed by atoms with Crippen molar-refractivity contribution in [3.05, 3.63) is 34.3 Å². The first-order valence-corrected chi connectivity index (χ1v) is 9.88. The normalized spacial score (nSPS) is 16.2. The summed E-state index contributed by atoms with van der Waals surface area (Å²) in [6.45, 7) is 2.06. The summed E-state index contributed by atoms with van der Waals surface area (Å²) in [5, 5.41) is 17.7. The molecule has 7 nitrogen and oxygen atoms in total. The summed E-state index contributed by atoms with van der Waals surface area (Å²) < 4.78 is 5.83. The minimum absolute atomic E-state index is 0.0223. The Balaban J connectivity index is 1.29. The Morgan fingerprint density at radius 1 is 1.32 bits per heavy atom. The topological polar surface area (TPSA) is 84.2 Å². The summed E-state index contributed by atoms with van der Waals surface area (Å²) in [6, 6.07) is 1.98. The van der Waals surface area contributed by atoms with E-state index in [4.69, 9.17) is 4.42 Å². The molecule has 0 atom stereocenters. The van der Waals surface area contributed by atoms with Gasteiger partial charge in [0.2, 0.25) is 17.7 Å². The van der Waals surface area contributed by atoms with Crippen molar-refractivity contribution in [3.63, 3.8) is 0 Å². The molecule has 1 N–H and O–H groups in total. The number of anilines is 1. The fraction of sp³-hybridized carbons (Fsp3) is 0.375. The van der Waals surface area contributed by atoms with Crippen molar-refractivity contribution in [2.45, 2.75) is 18.8 Å². The van der Waals surface area contributed by atoms with Crippen LogP contribution in [-0.2, 0) is 4.79 Å². The fourth-order valence-electron chi connectivity index (χ4n) is 2.89. The average molecular weight is 375 g/mol. The van der Waals surface area contributed by atoms with Crippen LogP contribution in [0.3, 0.4) is 0 Å². The molecule has 130 valence electrons. The van der Waals surface area contributed by atoms with Crippen molar-refractivity contribution in [1.29, 1.82) is 0 Å². The van der Waals surface area contributed by atoms with Crippen molar-refractivity contribution in [1.82, 2.24) is 20.1 Å². The van der Waals surface area contributed by atoms with Gasteiger partial charge in [-0.15, -0.1) is 21.5 Å². The molecule has 25 heavy (non-hydrogen) atoms. The maximum atomic E-state index is 12.0. The van der Waals surface area contributed by atoms with Crippen LogP contribution in [0.5, 0.6) is 0 Å². The van der Waals surface area contributed by atoms with Gasteiger partial charge in [-0.3, -0.25) is 9.69 Å². The number of piperidine rings is 1. The van der Waals surface area contributed by atoms with E-state index >= 15 is 0 Å². The van der Waals surface area contributed by atoms with E-state index in [0.717, 1.165) is 31.5 Å². The van der Waals surface area contributed by atoms with Crippen molar-refractivity contribution in [3.8, 4) is 11.5 Å². The maximum absolute atomic E-state index is 12.0. The lowest BCUT2D eigenvalue weighted by Crippen LogP contribution is -2.38. The van der Waals surface area contributed by atoms with E-state index < -0.39 is 0 Å². The molecule has 1 amide bonds. The molecule has 0 spiro atoms. The Morgan fingerprint density at radius 2 is 2.20 bits per heavy atom. The van der Waals surface area contributed by atoms with Crippen molar-refractivity contribution in [2.24, 2.45) is 0 Å². The number of carbonyl (C=O) groups excluding carboxylic acids is 1. The van der Waals surface area contributed by atoms with E-state index in [-0.39, 0.29) is 11.8 Å². The molecule has 0 radical (unpaired) electrons. The largest absolute Gasteiger partial charge is 0.420 e. The van der Waals surface area contributed by atoms with Gasteiger partial charge in [0.15, 0.2) is 5.13 Å². The molecule has 9 heteroatoms. The van der Waals surface area contributed by atoms with Crippen molar-refractivity contribution >= 4 is 33.7 Å². The van der Waals surface area contributed by atoms with Crippen molar-refractivity contribution in [2.75, 3.05) is 25.0 Å². The quantitative estimate of drug-likeness (QED) is 0.738. The Labute approximate surface area is 152 Å². The van der Waals surface area contributed by atoms with Crippen LogP contribution >= 0.6 is 22.7 Å². The third kappa shape index (κ3) is 3.94. The highest BCUT2D eigenvalue weighted by Gasteiger charge is 2.26. The third-order valence-corrected chi connectivity index (χ3v) is 5.56. The second kappa shape index (κ2) is 7.42. The number of thiophene rings is 1. The lowest BCUT2D eigenvalue weighted by atomic mass is 9.97. The third-order valence-electron chi connectivity index (χ3n) is 4.19. The Hall–Kier alpha value is -2.10. The van der Waals surface area contributed by atoms with Gasteiger partial charge in [0.1, 0.15) is 0 Å². The predicted molar refractivity (Wildman–Crippen MR) is 96.8 cm³/mol. The molecule has 1 aliphatic rings. The number of hydrogen-bond acceptors (Lipinski definition) is 8. The average Bonchev–Trinajstić information content (AvgIpc) is 3.37. The van der Waals surface area contributed by atoms with Gasteiger partial charge in [0, 0.05) is 28.4 Å². The van der Waals surface area contributed by atoms with E-state index in [1.165, 1.54) is 11.3 Å². The van der Waals surface area contributed by atoms with Gasteiger partial charge in [-0.2, -0.15) is 11.3 Å². The van der Waals surface area contributed by atoms with Gasteiger partial charge in [0.25, 0.3) is 0 Å². The van der Waals surface area contributed by atoms with Gasteiger partial charge in [0.05, 0.1) is 6.54 Å². The van der Waals surface area contributed by atoms with Crippen LogP contribution in [0.1, 0.15) is 24.7 Å². The summed E-state index contributed by atoms with van der Waals surface area (Å²) in [5.74, 6) is 1.53. The van der Waals surface area contributed by atoms with Gasteiger partial charge in [-0.25, -0.2) is 4.98 Å². The van der Waals surface area contributed by atoms with Crippen LogP contribution in [0.15, 0.2) is 32.8 Å². The molecular weight excluding hydrogens is 358 g/mol. The van der Waals surface area contributed by atoms with Gasteiger partial charge in [-0.1, -0.05) is 0 Å². The Kier molecular flexibility index (Phi) is 4.86. The number of carbonyl (C=O) groups is 1.